The van der Waals surface area contributed by atoms with Crippen molar-refractivity contribution in [1.82, 2.24) is 0 Å². The van der Waals surface area contributed by atoms with Gasteiger partial charge in [0.25, 0.3) is 0 Å². The third kappa shape index (κ3) is 11.9. The van der Waals surface area contributed by atoms with Gasteiger partial charge in [-0.3, -0.25) is 0 Å². The molecule has 1 N–H and O–H groups in total. The monoisotopic (exact) mass is 435 g/mol. The van der Waals surface area contributed by atoms with Crippen molar-refractivity contribution in [2.45, 2.75) is 89.5 Å². The summed E-state index contributed by atoms with van der Waals surface area (Å²) >= 11 is 0. The summed E-state index contributed by atoms with van der Waals surface area (Å²) in [4.78, 5) is -0.373. The van der Waals surface area contributed by atoms with Crippen molar-refractivity contribution in [2.75, 3.05) is 0 Å². The van der Waals surface area contributed by atoms with Gasteiger partial charge >= 0.3 is 0 Å². The number of pyridine rings is 1. The minimum atomic E-state index is -4.47. The minimum Gasteiger partial charge on any atom is -0.744 e. The Labute approximate surface area is 182 Å². The van der Waals surface area contributed by atoms with E-state index in [4.69, 9.17) is 5.11 Å². The van der Waals surface area contributed by atoms with Crippen LogP contribution in [0.4, 0.5) is 0 Å². The molecule has 30 heavy (non-hydrogen) atoms. The Hall–Kier alpha value is -1.92. The molecule has 5 nitrogen and oxygen atoms in total. The van der Waals surface area contributed by atoms with E-state index in [0.717, 1.165) is 6.07 Å². The number of benzene rings is 1. The Morgan fingerprint density at radius 2 is 1.40 bits per heavy atom. The molecule has 0 atom stereocenters. The summed E-state index contributed by atoms with van der Waals surface area (Å²) in [7, 11) is -4.47. The number of rotatable bonds is 12. The normalized spacial score (nSPS) is 11.0. The molecular weight excluding hydrogens is 398 g/mol. The molecule has 0 aliphatic carbocycles. The standard InChI is InChI=1S/C17H30N.C7H8O4S/c1-2-3-4-5-6-7-8-9-10-12-15-18-16-13-11-14-17-18;1-5-2-3-6(8)4-7(5)12(9,10)11/h11,13-14,16-17H,2-10,12,15H2,1H3;2-4,8H,1H3,(H,9,10,11)/q+1;/p-1. The summed E-state index contributed by atoms with van der Waals surface area (Å²) in [5.74, 6) is -0.227. The molecule has 0 saturated heterocycles. The zero-order chi connectivity index (χ0) is 22.2. The molecule has 0 unspecified atom stereocenters. The lowest BCUT2D eigenvalue weighted by Gasteiger charge is -2.09. The summed E-state index contributed by atoms with van der Waals surface area (Å²) in [6, 6.07) is 9.93. The summed E-state index contributed by atoms with van der Waals surface area (Å²) in [5.41, 5.74) is 0.336. The van der Waals surface area contributed by atoms with E-state index in [9.17, 15) is 13.0 Å². The van der Waals surface area contributed by atoms with Gasteiger partial charge in [-0.2, -0.15) is 0 Å². The van der Waals surface area contributed by atoms with Crippen LogP contribution in [0.2, 0.25) is 0 Å². The fourth-order valence-electron chi connectivity index (χ4n) is 3.22. The van der Waals surface area contributed by atoms with Crippen molar-refractivity contribution < 1.29 is 22.6 Å². The highest BCUT2D eigenvalue weighted by Crippen LogP contribution is 2.19. The van der Waals surface area contributed by atoms with Crippen molar-refractivity contribution in [3.05, 3.63) is 54.4 Å². The van der Waals surface area contributed by atoms with Gasteiger partial charge in [-0.15, -0.1) is 0 Å². The van der Waals surface area contributed by atoms with Gasteiger partial charge in [0.05, 0.1) is 4.90 Å². The van der Waals surface area contributed by atoms with E-state index < -0.39 is 10.1 Å². The third-order valence-electron chi connectivity index (χ3n) is 4.99. The number of nitrogens with zero attached hydrogens (tertiary/aromatic N) is 1. The molecule has 1 aromatic heterocycles. The molecule has 0 aliphatic heterocycles. The first-order chi connectivity index (χ1) is 14.3. The maximum Gasteiger partial charge on any atom is 0.168 e. The number of unbranched alkanes of at least 4 members (excludes halogenated alkanes) is 9. The Morgan fingerprint density at radius 3 is 1.90 bits per heavy atom. The number of aromatic hydroxyl groups is 1. The minimum absolute atomic E-state index is 0.227. The molecule has 0 radical (unpaired) electrons. The Balaban J connectivity index is 0.000000325. The number of hydrogen-bond acceptors (Lipinski definition) is 4. The number of aromatic nitrogens is 1. The molecule has 0 aliphatic rings. The van der Waals surface area contributed by atoms with E-state index in [2.05, 4.69) is 42.1 Å². The van der Waals surface area contributed by atoms with Gasteiger partial charge in [0.15, 0.2) is 12.4 Å². The van der Waals surface area contributed by atoms with Crippen molar-refractivity contribution >= 4 is 10.1 Å². The topological polar surface area (TPSA) is 81.3 Å². The number of phenolic OH excluding ortho intramolecular Hbond substituents is 1. The highest BCUT2D eigenvalue weighted by molar-refractivity contribution is 7.85. The molecule has 6 heteroatoms. The number of phenols is 1. The summed E-state index contributed by atoms with van der Waals surface area (Å²) in [6.07, 6.45) is 18.5. The lowest BCUT2D eigenvalue weighted by atomic mass is 10.1. The van der Waals surface area contributed by atoms with Crippen LogP contribution in [0, 0.1) is 6.92 Å². The second-order valence-electron chi connectivity index (χ2n) is 7.70. The fourth-order valence-corrected chi connectivity index (χ4v) is 3.95. The maximum absolute atomic E-state index is 10.5. The molecule has 1 aromatic carbocycles. The van der Waals surface area contributed by atoms with Crippen LogP contribution in [0.5, 0.6) is 5.75 Å². The maximum atomic E-state index is 10.5. The molecule has 0 spiro atoms. The number of aryl methyl sites for hydroxylation is 2. The molecule has 2 rings (SSSR count). The second-order valence-corrected chi connectivity index (χ2v) is 9.05. The van der Waals surface area contributed by atoms with Crippen LogP contribution in [0.25, 0.3) is 0 Å². The molecule has 0 saturated carbocycles. The van der Waals surface area contributed by atoms with E-state index >= 15 is 0 Å². The van der Waals surface area contributed by atoms with Crippen molar-refractivity contribution in [2.24, 2.45) is 0 Å². The van der Waals surface area contributed by atoms with Crippen LogP contribution in [-0.2, 0) is 16.7 Å². The van der Waals surface area contributed by atoms with Crippen LogP contribution >= 0.6 is 0 Å². The predicted molar refractivity (Wildman–Crippen MR) is 119 cm³/mol. The average Bonchev–Trinajstić information content (AvgIpc) is 2.72. The smallest absolute Gasteiger partial charge is 0.168 e. The van der Waals surface area contributed by atoms with Crippen LogP contribution < -0.4 is 4.57 Å². The quantitative estimate of drug-likeness (QED) is 0.271. The molecule has 2 aromatic rings. The fraction of sp³-hybridized carbons (Fsp3) is 0.542. The van der Waals surface area contributed by atoms with E-state index in [-0.39, 0.29) is 10.6 Å². The Bertz CT molecular complexity index is 807. The Kier molecular flexibility index (Phi) is 13.0. The van der Waals surface area contributed by atoms with Gasteiger partial charge in [0.1, 0.15) is 22.4 Å². The first kappa shape index (κ1) is 26.1. The molecular formula is C24H37NO4S. The summed E-state index contributed by atoms with van der Waals surface area (Å²) < 4.78 is 33.9. The zero-order valence-electron chi connectivity index (χ0n) is 18.4. The molecule has 0 bridgehead atoms. The Morgan fingerprint density at radius 1 is 0.867 bits per heavy atom. The molecule has 0 amide bonds. The SMILES string of the molecule is CCCCCCCCCCCC[n+]1ccccc1.Cc1ccc(O)cc1S(=O)(=O)[O-]. The van der Waals surface area contributed by atoms with E-state index in [1.807, 2.05) is 0 Å². The highest BCUT2D eigenvalue weighted by Gasteiger charge is 2.05. The summed E-state index contributed by atoms with van der Waals surface area (Å²) in [6.45, 7) is 4.95. The first-order valence-electron chi connectivity index (χ1n) is 11.0. The van der Waals surface area contributed by atoms with Gasteiger partial charge in [-0.1, -0.05) is 70.4 Å². The number of hydrogen-bond donors (Lipinski definition) is 1. The lowest BCUT2D eigenvalue weighted by Crippen LogP contribution is -2.32. The molecule has 0 fully saturated rings. The van der Waals surface area contributed by atoms with Gasteiger partial charge in [-0.05, 0) is 31.0 Å². The largest absolute Gasteiger partial charge is 0.744 e. The first-order valence-corrected chi connectivity index (χ1v) is 12.4. The predicted octanol–water partition coefficient (Wildman–Crippen LogP) is 5.50. The summed E-state index contributed by atoms with van der Waals surface area (Å²) in [5, 5.41) is 8.90. The van der Waals surface area contributed by atoms with E-state index in [0.29, 0.717) is 5.56 Å². The second kappa shape index (κ2) is 15.0. The lowest BCUT2D eigenvalue weighted by molar-refractivity contribution is -0.697. The van der Waals surface area contributed by atoms with Crippen molar-refractivity contribution in [3.8, 4) is 5.75 Å². The van der Waals surface area contributed by atoms with Gasteiger partial charge < -0.3 is 9.66 Å². The van der Waals surface area contributed by atoms with Crippen LogP contribution in [-0.4, -0.2) is 18.1 Å². The highest BCUT2D eigenvalue weighted by atomic mass is 32.2. The zero-order valence-corrected chi connectivity index (χ0v) is 19.2. The van der Waals surface area contributed by atoms with Gasteiger partial charge in [0, 0.05) is 18.6 Å². The molecule has 168 valence electrons. The average molecular weight is 436 g/mol. The van der Waals surface area contributed by atoms with Crippen molar-refractivity contribution in [1.29, 1.82) is 0 Å². The van der Waals surface area contributed by atoms with Crippen LogP contribution in [0.1, 0.15) is 76.7 Å². The van der Waals surface area contributed by atoms with Crippen molar-refractivity contribution in [3.63, 3.8) is 0 Å². The van der Waals surface area contributed by atoms with Gasteiger partial charge in [0.2, 0.25) is 0 Å². The van der Waals surface area contributed by atoms with Crippen LogP contribution in [0.3, 0.4) is 0 Å². The van der Waals surface area contributed by atoms with Crippen LogP contribution in [0.15, 0.2) is 53.7 Å². The van der Waals surface area contributed by atoms with E-state index in [1.165, 1.54) is 89.8 Å². The van der Waals surface area contributed by atoms with E-state index in [1.54, 1.807) is 0 Å². The van der Waals surface area contributed by atoms with Gasteiger partial charge in [-0.25, -0.2) is 13.0 Å². The molecule has 1 heterocycles. The third-order valence-corrected chi connectivity index (χ3v) is 5.97.